The number of furan rings is 1. The summed E-state index contributed by atoms with van der Waals surface area (Å²) in [5, 5.41) is 3.71. The van der Waals surface area contributed by atoms with Crippen molar-refractivity contribution >= 4 is 17.4 Å². The van der Waals surface area contributed by atoms with Crippen LogP contribution in [-0.2, 0) is 6.42 Å². The second-order valence-electron chi connectivity index (χ2n) is 3.89. The molecule has 2 rings (SSSR count). The molecule has 0 spiro atoms. The molecule has 0 aliphatic rings. The predicted molar refractivity (Wildman–Crippen MR) is 67.2 cm³/mol. The molecule has 0 aliphatic carbocycles. The highest BCUT2D eigenvalue weighted by atomic mass is 35.5. The highest BCUT2D eigenvalue weighted by molar-refractivity contribution is 6.29. The minimum atomic E-state index is 0.297. The van der Waals surface area contributed by atoms with Crippen molar-refractivity contribution in [2.75, 3.05) is 5.32 Å². The van der Waals surface area contributed by atoms with Gasteiger partial charge in [-0.15, -0.1) is 0 Å². The van der Waals surface area contributed by atoms with E-state index in [9.17, 15) is 0 Å². The molecular formula is C12H14ClN3O. The second-order valence-corrected chi connectivity index (χ2v) is 4.28. The maximum absolute atomic E-state index is 5.78. The zero-order valence-electron chi connectivity index (χ0n) is 9.56. The third-order valence-corrected chi connectivity index (χ3v) is 2.64. The summed E-state index contributed by atoms with van der Waals surface area (Å²) >= 11 is 5.78. The fourth-order valence-electron chi connectivity index (χ4n) is 1.55. The molecule has 0 aliphatic heterocycles. The molecule has 0 saturated heterocycles. The van der Waals surface area contributed by atoms with Gasteiger partial charge in [0.25, 0.3) is 0 Å². The summed E-state index contributed by atoms with van der Waals surface area (Å²) in [6, 6.07) is 5.89. The van der Waals surface area contributed by atoms with Gasteiger partial charge in [0.1, 0.15) is 23.1 Å². The van der Waals surface area contributed by atoms with Crippen LogP contribution in [0.15, 0.2) is 35.2 Å². The first kappa shape index (κ1) is 11.9. The van der Waals surface area contributed by atoms with Gasteiger partial charge in [0.15, 0.2) is 0 Å². The normalized spacial score (nSPS) is 12.4. The Hall–Kier alpha value is -1.55. The number of hydrogen-bond acceptors (Lipinski definition) is 4. The van der Waals surface area contributed by atoms with Crippen molar-refractivity contribution in [1.82, 2.24) is 9.97 Å². The number of nitrogens with zero attached hydrogens (tertiary/aromatic N) is 2. The molecule has 0 fully saturated rings. The number of aromatic nitrogens is 2. The Morgan fingerprint density at radius 2 is 2.35 bits per heavy atom. The SMILES string of the molecule is CC(CCc1ccco1)Nc1cc(Cl)ncn1. The Kier molecular flexibility index (Phi) is 3.98. The van der Waals surface area contributed by atoms with Crippen molar-refractivity contribution in [3.8, 4) is 0 Å². The van der Waals surface area contributed by atoms with E-state index in [0.717, 1.165) is 24.4 Å². The van der Waals surface area contributed by atoms with Crippen LogP contribution in [0, 0.1) is 0 Å². The molecule has 0 amide bonds. The Labute approximate surface area is 105 Å². The van der Waals surface area contributed by atoms with Crippen molar-refractivity contribution in [1.29, 1.82) is 0 Å². The molecule has 1 atom stereocenters. The number of rotatable bonds is 5. The van der Waals surface area contributed by atoms with Crippen LogP contribution in [0.1, 0.15) is 19.1 Å². The minimum absolute atomic E-state index is 0.297. The van der Waals surface area contributed by atoms with E-state index in [1.165, 1.54) is 6.33 Å². The zero-order valence-corrected chi connectivity index (χ0v) is 10.3. The van der Waals surface area contributed by atoms with Crippen LogP contribution < -0.4 is 5.32 Å². The van der Waals surface area contributed by atoms with Gasteiger partial charge in [-0.25, -0.2) is 9.97 Å². The van der Waals surface area contributed by atoms with E-state index < -0.39 is 0 Å². The third kappa shape index (κ3) is 3.75. The van der Waals surface area contributed by atoms with Crippen LogP contribution in [-0.4, -0.2) is 16.0 Å². The lowest BCUT2D eigenvalue weighted by Crippen LogP contribution is -2.16. The summed E-state index contributed by atoms with van der Waals surface area (Å²) in [5.74, 6) is 1.75. The Morgan fingerprint density at radius 3 is 3.06 bits per heavy atom. The van der Waals surface area contributed by atoms with Crippen LogP contribution in [0.3, 0.4) is 0 Å². The van der Waals surface area contributed by atoms with E-state index in [1.807, 2.05) is 12.1 Å². The highest BCUT2D eigenvalue weighted by Crippen LogP contribution is 2.12. The van der Waals surface area contributed by atoms with Gasteiger partial charge < -0.3 is 9.73 Å². The molecule has 0 aromatic carbocycles. The van der Waals surface area contributed by atoms with Gasteiger partial charge in [0, 0.05) is 18.5 Å². The summed E-state index contributed by atoms with van der Waals surface area (Å²) in [6.07, 6.45) is 5.01. The van der Waals surface area contributed by atoms with E-state index in [0.29, 0.717) is 11.2 Å². The maximum atomic E-state index is 5.78. The second kappa shape index (κ2) is 5.68. The van der Waals surface area contributed by atoms with Crippen molar-refractivity contribution in [3.05, 3.63) is 41.7 Å². The van der Waals surface area contributed by atoms with Gasteiger partial charge in [-0.2, -0.15) is 0 Å². The van der Waals surface area contributed by atoms with Crippen molar-refractivity contribution in [3.63, 3.8) is 0 Å². The fraction of sp³-hybridized carbons (Fsp3) is 0.333. The standard InChI is InChI=1S/C12H14ClN3O/c1-9(4-5-10-3-2-6-17-10)16-12-7-11(13)14-8-15-12/h2-3,6-9H,4-5H2,1H3,(H,14,15,16). The maximum Gasteiger partial charge on any atom is 0.134 e. The summed E-state index contributed by atoms with van der Waals surface area (Å²) < 4.78 is 5.28. The van der Waals surface area contributed by atoms with Crippen LogP contribution in [0.25, 0.3) is 0 Å². The number of anilines is 1. The van der Waals surface area contributed by atoms with Crippen LogP contribution >= 0.6 is 11.6 Å². The highest BCUT2D eigenvalue weighted by Gasteiger charge is 2.05. The average molecular weight is 252 g/mol. The van der Waals surface area contributed by atoms with Gasteiger partial charge in [-0.1, -0.05) is 11.6 Å². The lowest BCUT2D eigenvalue weighted by atomic mass is 10.1. The van der Waals surface area contributed by atoms with Gasteiger partial charge in [-0.3, -0.25) is 0 Å². The predicted octanol–water partition coefficient (Wildman–Crippen LogP) is 3.16. The first-order chi connectivity index (χ1) is 8.24. The van der Waals surface area contributed by atoms with E-state index in [4.69, 9.17) is 16.0 Å². The molecular weight excluding hydrogens is 238 g/mol. The largest absolute Gasteiger partial charge is 0.469 e. The molecule has 0 radical (unpaired) electrons. The summed E-state index contributed by atoms with van der Waals surface area (Å²) in [7, 11) is 0. The number of hydrogen-bond donors (Lipinski definition) is 1. The Bertz CT molecular complexity index is 459. The summed E-state index contributed by atoms with van der Waals surface area (Å²) in [5.41, 5.74) is 0. The molecule has 2 heterocycles. The third-order valence-electron chi connectivity index (χ3n) is 2.43. The molecule has 2 aromatic heterocycles. The molecule has 1 N–H and O–H groups in total. The van der Waals surface area contributed by atoms with E-state index in [2.05, 4.69) is 22.2 Å². The fourth-order valence-corrected chi connectivity index (χ4v) is 1.70. The molecule has 0 bridgehead atoms. The van der Waals surface area contributed by atoms with Crippen LogP contribution in [0.5, 0.6) is 0 Å². The van der Waals surface area contributed by atoms with E-state index >= 15 is 0 Å². The molecule has 5 heteroatoms. The Morgan fingerprint density at radius 1 is 1.47 bits per heavy atom. The summed E-state index contributed by atoms with van der Waals surface area (Å²) in [6.45, 7) is 2.10. The van der Waals surface area contributed by atoms with Crippen molar-refractivity contribution in [2.45, 2.75) is 25.8 Å². The van der Waals surface area contributed by atoms with Crippen LogP contribution in [0.4, 0.5) is 5.82 Å². The molecule has 90 valence electrons. The Balaban J connectivity index is 1.83. The number of nitrogens with one attached hydrogen (secondary N) is 1. The first-order valence-electron chi connectivity index (χ1n) is 5.50. The number of halogens is 1. The molecule has 17 heavy (non-hydrogen) atoms. The topological polar surface area (TPSA) is 51.0 Å². The average Bonchev–Trinajstić information content (AvgIpc) is 2.79. The molecule has 2 aromatic rings. The monoisotopic (exact) mass is 251 g/mol. The number of aryl methyl sites for hydroxylation is 1. The molecule has 1 unspecified atom stereocenters. The van der Waals surface area contributed by atoms with E-state index in [1.54, 1.807) is 12.3 Å². The van der Waals surface area contributed by atoms with Gasteiger partial charge in [0.2, 0.25) is 0 Å². The zero-order chi connectivity index (χ0) is 12.1. The van der Waals surface area contributed by atoms with E-state index in [-0.39, 0.29) is 0 Å². The minimum Gasteiger partial charge on any atom is -0.469 e. The molecule has 4 nitrogen and oxygen atoms in total. The van der Waals surface area contributed by atoms with Crippen molar-refractivity contribution < 1.29 is 4.42 Å². The molecule has 0 saturated carbocycles. The van der Waals surface area contributed by atoms with Crippen LogP contribution in [0.2, 0.25) is 5.15 Å². The van der Waals surface area contributed by atoms with Gasteiger partial charge >= 0.3 is 0 Å². The quantitative estimate of drug-likeness (QED) is 0.830. The lowest BCUT2D eigenvalue weighted by Gasteiger charge is -2.13. The first-order valence-corrected chi connectivity index (χ1v) is 5.88. The smallest absolute Gasteiger partial charge is 0.134 e. The van der Waals surface area contributed by atoms with Gasteiger partial charge in [-0.05, 0) is 25.5 Å². The summed E-state index contributed by atoms with van der Waals surface area (Å²) in [4.78, 5) is 7.93. The van der Waals surface area contributed by atoms with Crippen molar-refractivity contribution in [2.24, 2.45) is 0 Å². The lowest BCUT2D eigenvalue weighted by molar-refractivity contribution is 0.495. The van der Waals surface area contributed by atoms with Gasteiger partial charge in [0.05, 0.1) is 6.26 Å².